The molecule has 17 heavy (non-hydrogen) atoms. The largest absolute Gasteiger partial charge is 0.494 e. The van der Waals surface area contributed by atoms with E-state index in [9.17, 15) is 0 Å². The maximum atomic E-state index is 5.50. The van der Waals surface area contributed by atoms with Crippen LogP contribution in [0.5, 0.6) is 5.75 Å². The van der Waals surface area contributed by atoms with E-state index in [4.69, 9.17) is 14.9 Å². The first-order valence-corrected chi connectivity index (χ1v) is 5.64. The third-order valence-corrected chi connectivity index (χ3v) is 2.45. The topological polar surface area (TPSA) is 61.3 Å². The van der Waals surface area contributed by atoms with Crippen molar-refractivity contribution in [1.29, 1.82) is 0 Å². The molecule has 0 aliphatic heterocycles. The minimum absolute atomic E-state index is 0.317. The molecule has 0 unspecified atom stereocenters. The molecule has 4 nitrogen and oxygen atoms in total. The second-order valence-corrected chi connectivity index (χ2v) is 3.67. The maximum Gasteiger partial charge on any atom is 0.208 e. The molecule has 0 saturated heterocycles. The Labute approximate surface area is 100 Å². The fourth-order valence-electron chi connectivity index (χ4n) is 1.68. The summed E-state index contributed by atoms with van der Waals surface area (Å²) in [6.45, 7) is 4.83. The molecular formula is C13H16N2O2. The van der Waals surface area contributed by atoms with Crippen molar-refractivity contribution in [1.82, 2.24) is 4.98 Å². The van der Waals surface area contributed by atoms with E-state index >= 15 is 0 Å². The first kappa shape index (κ1) is 11.7. The molecule has 2 rings (SSSR count). The summed E-state index contributed by atoms with van der Waals surface area (Å²) in [5.41, 5.74) is 7.35. The molecule has 0 aliphatic carbocycles. The normalized spacial score (nSPS) is 10.5. The van der Waals surface area contributed by atoms with Gasteiger partial charge in [-0.15, -0.1) is 0 Å². The Bertz CT molecular complexity index is 489. The number of ether oxygens (including phenoxy) is 1. The van der Waals surface area contributed by atoms with Crippen molar-refractivity contribution in [3.05, 3.63) is 35.9 Å². The lowest BCUT2D eigenvalue weighted by Crippen LogP contribution is -1.95. The first-order valence-electron chi connectivity index (χ1n) is 5.64. The number of nitrogens with two attached hydrogens (primary N) is 1. The zero-order valence-electron chi connectivity index (χ0n) is 10.1. The van der Waals surface area contributed by atoms with Gasteiger partial charge < -0.3 is 14.9 Å². The van der Waals surface area contributed by atoms with Gasteiger partial charge in [0.15, 0.2) is 0 Å². The Hall–Kier alpha value is -1.81. The number of rotatable bonds is 4. The Morgan fingerprint density at radius 2 is 2.00 bits per heavy atom. The van der Waals surface area contributed by atoms with E-state index in [1.807, 2.05) is 38.1 Å². The molecule has 1 aromatic heterocycles. The smallest absolute Gasteiger partial charge is 0.208 e. The van der Waals surface area contributed by atoms with Crippen molar-refractivity contribution < 1.29 is 9.15 Å². The van der Waals surface area contributed by atoms with Crippen molar-refractivity contribution in [2.45, 2.75) is 20.4 Å². The van der Waals surface area contributed by atoms with Gasteiger partial charge in [-0.25, -0.2) is 4.98 Å². The van der Waals surface area contributed by atoms with E-state index in [1.165, 1.54) is 0 Å². The van der Waals surface area contributed by atoms with Gasteiger partial charge in [0, 0.05) is 5.56 Å². The molecule has 1 aromatic carbocycles. The molecule has 0 aliphatic rings. The summed E-state index contributed by atoms with van der Waals surface area (Å²) in [7, 11) is 0. The molecule has 2 N–H and O–H groups in total. The number of hydrogen-bond acceptors (Lipinski definition) is 4. The minimum atomic E-state index is 0.317. The number of aryl methyl sites for hydroxylation is 1. The quantitative estimate of drug-likeness (QED) is 0.879. The van der Waals surface area contributed by atoms with E-state index in [0.717, 1.165) is 22.8 Å². The summed E-state index contributed by atoms with van der Waals surface area (Å²) in [6, 6.07) is 7.79. The molecule has 0 bridgehead atoms. The van der Waals surface area contributed by atoms with Crippen molar-refractivity contribution in [3.8, 4) is 17.0 Å². The third-order valence-electron chi connectivity index (χ3n) is 2.45. The molecule has 0 amide bonds. The summed E-state index contributed by atoms with van der Waals surface area (Å²) in [5.74, 6) is 2.21. The van der Waals surface area contributed by atoms with Crippen LogP contribution in [0, 0.1) is 6.92 Å². The summed E-state index contributed by atoms with van der Waals surface area (Å²) >= 11 is 0. The average molecular weight is 232 g/mol. The average Bonchev–Trinajstić information content (AvgIpc) is 2.72. The van der Waals surface area contributed by atoms with Crippen molar-refractivity contribution >= 4 is 0 Å². The Kier molecular flexibility index (Phi) is 3.44. The highest BCUT2D eigenvalue weighted by Crippen LogP contribution is 2.25. The lowest BCUT2D eigenvalue weighted by atomic mass is 10.1. The van der Waals surface area contributed by atoms with Crippen molar-refractivity contribution in [3.63, 3.8) is 0 Å². The van der Waals surface area contributed by atoms with E-state index in [1.54, 1.807) is 0 Å². The Morgan fingerprint density at radius 1 is 1.29 bits per heavy atom. The van der Waals surface area contributed by atoms with Crippen LogP contribution in [-0.2, 0) is 6.54 Å². The summed E-state index contributed by atoms with van der Waals surface area (Å²) in [4.78, 5) is 4.34. The van der Waals surface area contributed by atoms with Gasteiger partial charge >= 0.3 is 0 Å². The van der Waals surface area contributed by atoms with Crippen LogP contribution in [0.15, 0.2) is 28.7 Å². The van der Waals surface area contributed by atoms with Crippen LogP contribution in [0.25, 0.3) is 11.3 Å². The standard InChI is InChI=1S/C13H16N2O2/c1-3-16-11-6-4-10(5-7-11)13-9(2)17-12(8-14)15-13/h4-7H,3,8,14H2,1-2H3. The summed E-state index contributed by atoms with van der Waals surface area (Å²) in [6.07, 6.45) is 0. The molecule has 2 aromatic rings. The van der Waals surface area contributed by atoms with Gasteiger partial charge in [-0.05, 0) is 38.1 Å². The number of hydrogen-bond donors (Lipinski definition) is 1. The predicted octanol–water partition coefficient (Wildman–Crippen LogP) is 2.51. The fraction of sp³-hybridized carbons (Fsp3) is 0.308. The van der Waals surface area contributed by atoms with E-state index in [0.29, 0.717) is 19.0 Å². The van der Waals surface area contributed by atoms with Gasteiger partial charge in [0.25, 0.3) is 0 Å². The van der Waals surface area contributed by atoms with Gasteiger partial charge in [0.2, 0.25) is 5.89 Å². The number of nitrogens with zero attached hydrogens (tertiary/aromatic N) is 1. The van der Waals surface area contributed by atoms with Gasteiger partial charge in [0.05, 0.1) is 13.2 Å². The third kappa shape index (κ3) is 2.47. The van der Waals surface area contributed by atoms with Crippen LogP contribution in [0.3, 0.4) is 0 Å². The predicted molar refractivity (Wildman–Crippen MR) is 65.7 cm³/mol. The van der Waals surface area contributed by atoms with Crippen molar-refractivity contribution in [2.24, 2.45) is 5.73 Å². The molecule has 0 radical (unpaired) electrons. The first-order chi connectivity index (χ1) is 8.24. The molecule has 0 atom stereocenters. The molecule has 0 saturated carbocycles. The lowest BCUT2D eigenvalue weighted by molar-refractivity contribution is 0.340. The van der Waals surface area contributed by atoms with Crippen LogP contribution < -0.4 is 10.5 Å². The summed E-state index contributed by atoms with van der Waals surface area (Å²) in [5, 5.41) is 0. The highest BCUT2D eigenvalue weighted by Gasteiger charge is 2.10. The molecule has 0 fully saturated rings. The van der Waals surface area contributed by atoms with Gasteiger partial charge in [-0.2, -0.15) is 0 Å². The van der Waals surface area contributed by atoms with Gasteiger partial charge in [-0.1, -0.05) is 0 Å². The van der Waals surface area contributed by atoms with Gasteiger partial charge in [-0.3, -0.25) is 0 Å². The maximum absolute atomic E-state index is 5.50. The number of oxazole rings is 1. The highest BCUT2D eigenvalue weighted by atomic mass is 16.5. The van der Waals surface area contributed by atoms with Crippen molar-refractivity contribution in [2.75, 3.05) is 6.61 Å². The summed E-state index contributed by atoms with van der Waals surface area (Å²) < 4.78 is 10.8. The van der Waals surface area contributed by atoms with E-state index in [-0.39, 0.29) is 0 Å². The molecular weight excluding hydrogens is 216 g/mol. The van der Waals surface area contributed by atoms with Crippen LogP contribution in [-0.4, -0.2) is 11.6 Å². The molecule has 0 spiro atoms. The monoisotopic (exact) mass is 232 g/mol. The number of aromatic nitrogens is 1. The van der Waals surface area contributed by atoms with Crippen LogP contribution in [0.4, 0.5) is 0 Å². The second-order valence-electron chi connectivity index (χ2n) is 3.67. The number of benzene rings is 1. The Balaban J connectivity index is 2.29. The van der Waals surface area contributed by atoms with Crippen LogP contribution in [0.2, 0.25) is 0 Å². The molecule has 90 valence electrons. The zero-order valence-corrected chi connectivity index (χ0v) is 10.1. The lowest BCUT2D eigenvalue weighted by Gasteiger charge is -2.03. The SMILES string of the molecule is CCOc1ccc(-c2nc(CN)oc2C)cc1. The van der Waals surface area contributed by atoms with E-state index < -0.39 is 0 Å². The zero-order chi connectivity index (χ0) is 12.3. The minimum Gasteiger partial charge on any atom is -0.494 e. The Morgan fingerprint density at radius 3 is 2.53 bits per heavy atom. The highest BCUT2D eigenvalue weighted by molar-refractivity contribution is 5.61. The van der Waals surface area contributed by atoms with Gasteiger partial charge in [0.1, 0.15) is 17.2 Å². The van der Waals surface area contributed by atoms with E-state index in [2.05, 4.69) is 4.98 Å². The fourth-order valence-corrected chi connectivity index (χ4v) is 1.68. The van der Waals surface area contributed by atoms with Crippen LogP contribution >= 0.6 is 0 Å². The van der Waals surface area contributed by atoms with Crippen LogP contribution in [0.1, 0.15) is 18.6 Å². The molecule has 1 heterocycles. The molecule has 4 heteroatoms. The second kappa shape index (κ2) is 5.01.